The molecule has 2 aromatic rings. The number of rotatable bonds is 3. The van der Waals surface area contributed by atoms with Crippen LogP contribution in [0.3, 0.4) is 0 Å². The smallest absolute Gasteiger partial charge is 0.297 e. The van der Waals surface area contributed by atoms with Crippen LogP contribution in [0.5, 0.6) is 0 Å². The van der Waals surface area contributed by atoms with Gasteiger partial charge in [-0.25, -0.2) is 0 Å². The van der Waals surface area contributed by atoms with Crippen LogP contribution in [0.1, 0.15) is 33.6 Å². The third-order valence-electron chi connectivity index (χ3n) is 6.58. The summed E-state index contributed by atoms with van der Waals surface area (Å²) >= 11 is 0. The molecule has 3 aliphatic rings. The fourth-order valence-corrected chi connectivity index (χ4v) is 5.99. The Balaban J connectivity index is 1.63. The lowest BCUT2D eigenvalue weighted by Gasteiger charge is -2.64. The van der Waals surface area contributed by atoms with Crippen LogP contribution in [0.2, 0.25) is 0 Å². The maximum Gasteiger partial charge on any atom is 0.297 e. The van der Waals surface area contributed by atoms with Gasteiger partial charge < -0.3 is 5.11 Å². The van der Waals surface area contributed by atoms with Crippen molar-refractivity contribution in [3.05, 3.63) is 42.5 Å². The minimum atomic E-state index is -3.92. The van der Waals surface area contributed by atoms with E-state index < -0.39 is 21.8 Å². The fourth-order valence-electron chi connectivity index (χ4n) is 4.80. The number of hydrogen-bond acceptors (Lipinski definition) is 4. The van der Waals surface area contributed by atoms with Crippen molar-refractivity contribution in [3.63, 3.8) is 0 Å². The van der Waals surface area contributed by atoms with Crippen LogP contribution in [0.15, 0.2) is 47.4 Å². The normalized spacial score (nSPS) is 33.8. The molecular weight excluding hydrogens is 336 g/mol. The van der Waals surface area contributed by atoms with E-state index in [4.69, 9.17) is 4.18 Å². The monoisotopic (exact) mass is 360 g/mol. The average Bonchev–Trinajstić information content (AvgIpc) is 2.55. The van der Waals surface area contributed by atoms with E-state index in [1.54, 1.807) is 25.1 Å². The summed E-state index contributed by atoms with van der Waals surface area (Å²) in [5.74, 6) is 0.463. The highest BCUT2D eigenvalue weighted by molar-refractivity contribution is 7.86. The van der Waals surface area contributed by atoms with Crippen molar-refractivity contribution < 1.29 is 17.7 Å². The van der Waals surface area contributed by atoms with Crippen molar-refractivity contribution in [1.82, 2.24) is 0 Å². The van der Waals surface area contributed by atoms with Crippen LogP contribution in [0.25, 0.3) is 10.8 Å². The molecule has 2 unspecified atom stereocenters. The highest BCUT2D eigenvalue weighted by Gasteiger charge is 2.64. The van der Waals surface area contributed by atoms with E-state index in [-0.39, 0.29) is 16.2 Å². The zero-order valence-electron chi connectivity index (χ0n) is 14.8. The van der Waals surface area contributed by atoms with E-state index in [9.17, 15) is 13.5 Å². The summed E-state index contributed by atoms with van der Waals surface area (Å²) < 4.78 is 31.1. The molecule has 5 rings (SSSR count). The van der Waals surface area contributed by atoms with Crippen LogP contribution in [0.4, 0.5) is 0 Å². The Bertz CT molecular complexity index is 930. The molecule has 2 aromatic carbocycles. The molecule has 0 saturated heterocycles. The van der Waals surface area contributed by atoms with Gasteiger partial charge in [0.1, 0.15) is 6.10 Å². The van der Waals surface area contributed by atoms with Gasteiger partial charge in [0.25, 0.3) is 10.1 Å². The first-order valence-corrected chi connectivity index (χ1v) is 10.2. The van der Waals surface area contributed by atoms with Crippen LogP contribution in [-0.2, 0) is 14.3 Å². The van der Waals surface area contributed by atoms with E-state index >= 15 is 0 Å². The first-order chi connectivity index (χ1) is 11.6. The molecule has 0 aliphatic heterocycles. The maximum atomic E-state index is 12.8. The third kappa shape index (κ3) is 2.52. The van der Waals surface area contributed by atoms with Crippen molar-refractivity contribution in [2.75, 3.05) is 0 Å². The van der Waals surface area contributed by atoms with Gasteiger partial charge in [0.05, 0.1) is 10.5 Å². The molecule has 3 saturated carbocycles. The third-order valence-corrected chi connectivity index (χ3v) is 7.90. The second-order valence-corrected chi connectivity index (χ2v) is 9.89. The molecule has 134 valence electrons. The highest BCUT2D eigenvalue weighted by Crippen LogP contribution is 2.63. The molecule has 3 aliphatic carbocycles. The number of hydrogen-bond donors (Lipinski definition) is 1. The van der Waals surface area contributed by atoms with Crippen molar-refractivity contribution >= 4 is 20.9 Å². The summed E-state index contributed by atoms with van der Waals surface area (Å²) in [5.41, 5.74) is -1.10. The minimum absolute atomic E-state index is 0.0378. The molecule has 0 amide bonds. The fraction of sp³-hybridized carbons (Fsp3) is 0.500. The van der Waals surface area contributed by atoms with Gasteiger partial charge in [0, 0.05) is 0 Å². The Morgan fingerprint density at radius 2 is 1.72 bits per heavy atom. The zero-order chi connectivity index (χ0) is 18.0. The van der Waals surface area contributed by atoms with E-state index in [2.05, 4.69) is 13.8 Å². The maximum absolute atomic E-state index is 12.8. The minimum Gasteiger partial charge on any atom is -0.387 e. The molecule has 5 heteroatoms. The molecule has 0 heterocycles. The SMILES string of the molecule is CC1(C)C2CC1[C@@](C)(O)[C@@H](OS(=O)(=O)c1ccc3ccccc3c1)C2. The molecule has 4 atom stereocenters. The van der Waals surface area contributed by atoms with Gasteiger partial charge in [-0.05, 0) is 59.9 Å². The molecule has 25 heavy (non-hydrogen) atoms. The number of fused-ring (bicyclic) bond motifs is 3. The standard InChI is InChI=1S/C20H24O4S/c1-19(2)15-11-17(19)20(3,21)18(12-15)24-25(22,23)16-9-8-13-6-4-5-7-14(13)10-16/h4-10,15,17-18,21H,11-12H2,1-3H3/t15?,17?,18-,20+/m0/s1. The first kappa shape index (κ1) is 17.0. The molecule has 0 spiro atoms. The molecule has 4 nitrogen and oxygen atoms in total. The summed E-state index contributed by atoms with van der Waals surface area (Å²) in [6.45, 7) is 6.01. The Kier molecular flexibility index (Phi) is 3.60. The largest absolute Gasteiger partial charge is 0.387 e. The number of benzene rings is 2. The van der Waals surface area contributed by atoms with Crippen LogP contribution in [-0.4, -0.2) is 25.2 Å². The topological polar surface area (TPSA) is 63.6 Å². The summed E-state index contributed by atoms with van der Waals surface area (Å²) in [7, 11) is -3.92. The van der Waals surface area contributed by atoms with E-state index in [1.807, 2.05) is 24.3 Å². The average molecular weight is 360 g/mol. The lowest BCUT2D eigenvalue weighted by atomic mass is 9.43. The van der Waals surface area contributed by atoms with Gasteiger partial charge in [-0.15, -0.1) is 0 Å². The van der Waals surface area contributed by atoms with Gasteiger partial charge in [-0.1, -0.05) is 44.2 Å². The Hall–Kier alpha value is -1.43. The van der Waals surface area contributed by atoms with Crippen molar-refractivity contribution in [2.45, 2.75) is 50.2 Å². The Labute approximate surface area is 148 Å². The quantitative estimate of drug-likeness (QED) is 0.847. The van der Waals surface area contributed by atoms with E-state index in [1.165, 1.54) is 0 Å². The predicted octanol–water partition coefficient (Wildman–Crippen LogP) is 3.73. The number of aliphatic hydroxyl groups is 1. The highest BCUT2D eigenvalue weighted by atomic mass is 32.2. The molecule has 1 N–H and O–H groups in total. The molecular formula is C20H24O4S. The lowest BCUT2D eigenvalue weighted by Crippen LogP contribution is -2.67. The molecule has 3 fully saturated rings. The second kappa shape index (κ2) is 5.29. The first-order valence-electron chi connectivity index (χ1n) is 8.77. The summed E-state index contributed by atoms with van der Waals surface area (Å²) in [5, 5.41) is 12.8. The summed E-state index contributed by atoms with van der Waals surface area (Å²) in [6.07, 6.45) is 0.819. The summed E-state index contributed by atoms with van der Waals surface area (Å²) in [6, 6.07) is 12.6. The van der Waals surface area contributed by atoms with Gasteiger partial charge in [0.2, 0.25) is 0 Å². The van der Waals surface area contributed by atoms with Crippen LogP contribution in [0, 0.1) is 17.3 Å². The lowest BCUT2D eigenvalue weighted by molar-refractivity contribution is -0.237. The van der Waals surface area contributed by atoms with E-state index in [0.717, 1.165) is 17.2 Å². The van der Waals surface area contributed by atoms with Gasteiger partial charge in [-0.2, -0.15) is 8.42 Å². The van der Waals surface area contributed by atoms with Crippen molar-refractivity contribution in [2.24, 2.45) is 17.3 Å². The van der Waals surface area contributed by atoms with Gasteiger partial charge in [0.15, 0.2) is 0 Å². The van der Waals surface area contributed by atoms with E-state index in [0.29, 0.717) is 12.3 Å². The van der Waals surface area contributed by atoms with Gasteiger partial charge in [-0.3, -0.25) is 4.18 Å². The summed E-state index contributed by atoms with van der Waals surface area (Å²) in [4.78, 5) is 0.139. The van der Waals surface area contributed by atoms with Crippen LogP contribution >= 0.6 is 0 Å². The van der Waals surface area contributed by atoms with Crippen LogP contribution < -0.4 is 0 Å². The Morgan fingerprint density at radius 3 is 2.36 bits per heavy atom. The molecule has 0 radical (unpaired) electrons. The molecule has 0 aromatic heterocycles. The molecule has 2 bridgehead atoms. The van der Waals surface area contributed by atoms with Gasteiger partial charge >= 0.3 is 0 Å². The zero-order valence-corrected chi connectivity index (χ0v) is 15.6. The van der Waals surface area contributed by atoms with Crippen molar-refractivity contribution in [3.8, 4) is 0 Å². The second-order valence-electron chi connectivity index (χ2n) is 8.32. The van der Waals surface area contributed by atoms with Crippen molar-refractivity contribution in [1.29, 1.82) is 0 Å². The Morgan fingerprint density at radius 1 is 1.04 bits per heavy atom. The predicted molar refractivity (Wildman–Crippen MR) is 96.6 cm³/mol.